The maximum atomic E-state index is 10.3. The number of likely N-dealkylation sites (tertiary alicyclic amines) is 1. The number of quaternary nitrogens is 1. The summed E-state index contributed by atoms with van der Waals surface area (Å²) in [7, 11) is 0. The van der Waals surface area contributed by atoms with Gasteiger partial charge in [-0.15, -0.1) is 0 Å². The van der Waals surface area contributed by atoms with Gasteiger partial charge < -0.3 is 14.7 Å². The van der Waals surface area contributed by atoms with Gasteiger partial charge in [0.15, 0.2) is 0 Å². The van der Waals surface area contributed by atoms with Gasteiger partial charge in [-0.05, 0) is 43.4 Å². The zero-order valence-corrected chi connectivity index (χ0v) is 14.5. The molecule has 3 nitrogen and oxygen atoms in total. The van der Waals surface area contributed by atoms with Crippen LogP contribution in [0.5, 0.6) is 0 Å². The van der Waals surface area contributed by atoms with E-state index in [1.807, 2.05) is 0 Å². The molecule has 1 saturated heterocycles. The molecule has 3 heteroatoms. The van der Waals surface area contributed by atoms with Crippen molar-refractivity contribution in [2.45, 2.75) is 72.0 Å². The molecule has 2 aliphatic rings. The standard InChI is InChI=1S/C18H35NO2/c1-14-6-5-7-19(11-14)12-16(20)13-21-17-8-15(2)9-18(3,4)10-17/h14-17,20H,5-13H2,1-4H3/p+1/t14-,15-,16-,17+/m0/s1. The third-order valence-corrected chi connectivity index (χ3v) is 5.26. The van der Waals surface area contributed by atoms with Crippen LogP contribution in [0.15, 0.2) is 0 Å². The molecule has 124 valence electrons. The molecule has 2 rings (SSSR count). The van der Waals surface area contributed by atoms with Crippen molar-refractivity contribution in [3.8, 4) is 0 Å². The third kappa shape index (κ3) is 5.88. The van der Waals surface area contributed by atoms with Crippen molar-refractivity contribution < 1.29 is 14.7 Å². The Morgan fingerprint density at radius 2 is 2.00 bits per heavy atom. The van der Waals surface area contributed by atoms with Gasteiger partial charge in [-0.3, -0.25) is 0 Å². The topological polar surface area (TPSA) is 33.9 Å². The second-order valence-electron chi connectivity index (χ2n) is 8.68. The normalized spacial score (nSPS) is 38.1. The van der Waals surface area contributed by atoms with E-state index >= 15 is 0 Å². The summed E-state index contributed by atoms with van der Waals surface area (Å²) in [5, 5.41) is 10.3. The monoisotopic (exact) mass is 298 g/mol. The zero-order valence-electron chi connectivity index (χ0n) is 14.5. The van der Waals surface area contributed by atoms with Crippen molar-refractivity contribution in [1.82, 2.24) is 0 Å². The minimum atomic E-state index is -0.300. The minimum absolute atomic E-state index is 0.300. The van der Waals surface area contributed by atoms with E-state index in [-0.39, 0.29) is 6.10 Å². The summed E-state index contributed by atoms with van der Waals surface area (Å²) in [5.74, 6) is 1.55. The first-order chi connectivity index (χ1) is 9.84. The van der Waals surface area contributed by atoms with Crippen LogP contribution in [0.25, 0.3) is 0 Å². The van der Waals surface area contributed by atoms with Gasteiger partial charge in [-0.2, -0.15) is 0 Å². The summed E-state index contributed by atoms with van der Waals surface area (Å²) in [6.07, 6.45) is 6.29. The first-order valence-electron chi connectivity index (χ1n) is 8.97. The van der Waals surface area contributed by atoms with Crippen LogP contribution in [0.4, 0.5) is 0 Å². The molecule has 21 heavy (non-hydrogen) atoms. The van der Waals surface area contributed by atoms with Gasteiger partial charge in [0.1, 0.15) is 12.6 Å². The maximum Gasteiger partial charge on any atom is 0.126 e. The lowest BCUT2D eigenvalue weighted by Gasteiger charge is -2.39. The van der Waals surface area contributed by atoms with Gasteiger partial charge in [0.2, 0.25) is 0 Å². The van der Waals surface area contributed by atoms with Crippen LogP contribution in [-0.4, -0.2) is 43.6 Å². The SMILES string of the molecule is C[C@H]1CCC[NH+](C[C@H](O)CO[C@@H]2C[C@H](C)CC(C)(C)C2)C1. The molecule has 0 bridgehead atoms. The summed E-state index contributed by atoms with van der Waals surface area (Å²) in [6, 6.07) is 0. The van der Waals surface area contributed by atoms with Crippen LogP contribution in [0, 0.1) is 17.3 Å². The lowest BCUT2D eigenvalue weighted by Crippen LogP contribution is -3.14. The van der Waals surface area contributed by atoms with Gasteiger partial charge in [-0.25, -0.2) is 0 Å². The van der Waals surface area contributed by atoms with Crippen molar-refractivity contribution in [1.29, 1.82) is 0 Å². The lowest BCUT2D eigenvalue weighted by atomic mass is 9.71. The van der Waals surface area contributed by atoms with E-state index < -0.39 is 0 Å². The highest BCUT2D eigenvalue weighted by atomic mass is 16.5. The molecule has 2 fully saturated rings. The van der Waals surface area contributed by atoms with Crippen LogP contribution in [0.3, 0.4) is 0 Å². The van der Waals surface area contributed by atoms with Gasteiger partial charge >= 0.3 is 0 Å². The van der Waals surface area contributed by atoms with E-state index in [1.54, 1.807) is 4.90 Å². The molecule has 0 amide bonds. The summed E-state index contributed by atoms with van der Waals surface area (Å²) < 4.78 is 6.06. The molecular weight excluding hydrogens is 262 g/mol. The van der Waals surface area contributed by atoms with E-state index in [1.165, 1.54) is 32.4 Å². The Bertz CT molecular complexity index is 318. The number of rotatable bonds is 5. The molecular formula is C18H36NO2+. The first kappa shape index (κ1) is 17.2. The van der Waals surface area contributed by atoms with Crippen molar-refractivity contribution in [2.75, 3.05) is 26.2 Å². The highest BCUT2D eigenvalue weighted by Crippen LogP contribution is 2.39. The Morgan fingerprint density at radius 3 is 2.67 bits per heavy atom. The smallest absolute Gasteiger partial charge is 0.126 e. The van der Waals surface area contributed by atoms with Crippen molar-refractivity contribution >= 4 is 0 Å². The van der Waals surface area contributed by atoms with Crippen molar-refractivity contribution in [2.24, 2.45) is 17.3 Å². The fourth-order valence-corrected chi connectivity index (χ4v) is 4.61. The Kier molecular flexibility index (Phi) is 6.10. The van der Waals surface area contributed by atoms with E-state index in [2.05, 4.69) is 27.7 Å². The van der Waals surface area contributed by atoms with Gasteiger partial charge in [0.05, 0.1) is 25.8 Å². The predicted molar refractivity (Wildman–Crippen MR) is 86.5 cm³/mol. The molecule has 1 heterocycles. The highest BCUT2D eigenvalue weighted by molar-refractivity contribution is 4.83. The number of hydrogen-bond acceptors (Lipinski definition) is 2. The average molecular weight is 298 g/mol. The fraction of sp³-hybridized carbons (Fsp3) is 1.00. The molecule has 1 unspecified atom stereocenters. The van der Waals surface area contributed by atoms with E-state index in [4.69, 9.17) is 4.74 Å². The van der Waals surface area contributed by atoms with Crippen LogP contribution in [-0.2, 0) is 4.74 Å². The summed E-state index contributed by atoms with van der Waals surface area (Å²) in [4.78, 5) is 1.56. The van der Waals surface area contributed by atoms with Crippen molar-refractivity contribution in [3.05, 3.63) is 0 Å². The van der Waals surface area contributed by atoms with Crippen molar-refractivity contribution in [3.63, 3.8) is 0 Å². The molecule has 1 aliphatic heterocycles. The number of aliphatic hydroxyl groups is 1. The van der Waals surface area contributed by atoms with Crippen LogP contribution in [0.1, 0.15) is 59.8 Å². The summed E-state index contributed by atoms with van der Waals surface area (Å²) >= 11 is 0. The maximum absolute atomic E-state index is 10.3. The van der Waals surface area contributed by atoms with E-state index in [0.29, 0.717) is 18.1 Å². The summed E-state index contributed by atoms with van der Waals surface area (Å²) in [6.45, 7) is 13.1. The predicted octanol–water partition coefficient (Wildman–Crippen LogP) is 1.89. The minimum Gasteiger partial charge on any atom is -0.385 e. The third-order valence-electron chi connectivity index (χ3n) is 5.26. The number of nitrogens with one attached hydrogen (secondary N) is 1. The molecule has 1 aliphatic carbocycles. The second-order valence-corrected chi connectivity index (χ2v) is 8.68. The van der Waals surface area contributed by atoms with Crippen LogP contribution >= 0.6 is 0 Å². The highest BCUT2D eigenvalue weighted by Gasteiger charge is 2.33. The number of hydrogen-bond donors (Lipinski definition) is 2. The molecule has 2 N–H and O–H groups in total. The summed E-state index contributed by atoms with van der Waals surface area (Å²) in [5.41, 5.74) is 0.390. The largest absolute Gasteiger partial charge is 0.385 e. The van der Waals surface area contributed by atoms with Crippen LogP contribution < -0.4 is 4.90 Å². The Labute approximate surface area is 131 Å². The quantitative estimate of drug-likeness (QED) is 0.813. The number of aliphatic hydroxyl groups excluding tert-OH is 1. The number of piperidine rings is 1. The Hall–Kier alpha value is -0.120. The van der Waals surface area contributed by atoms with Crippen LogP contribution in [0.2, 0.25) is 0 Å². The Balaban J connectivity index is 1.69. The lowest BCUT2D eigenvalue weighted by molar-refractivity contribution is -0.911. The number of ether oxygens (including phenoxy) is 1. The van der Waals surface area contributed by atoms with Gasteiger partial charge in [-0.1, -0.05) is 27.7 Å². The molecule has 0 spiro atoms. The molecule has 0 aromatic carbocycles. The molecule has 5 atom stereocenters. The Morgan fingerprint density at radius 1 is 1.24 bits per heavy atom. The zero-order chi connectivity index (χ0) is 15.5. The molecule has 0 aromatic rings. The van der Waals surface area contributed by atoms with Gasteiger partial charge in [0, 0.05) is 5.92 Å². The molecule has 0 radical (unpaired) electrons. The van der Waals surface area contributed by atoms with E-state index in [9.17, 15) is 5.11 Å². The fourth-order valence-electron chi connectivity index (χ4n) is 4.61. The van der Waals surface area contributed by atoms with Gasteiger partial charge in [0.25, 0.3) is 0 Å². The average Bonchev–Trinajstić information content (AvgIpc) is 2.34. The molecule has 0 aromatic heterocycles. The molecule has 1 saturated carbocycles. The first-order valence-corrected chi connectivity index (χ1v) is 8.97. The van der Waals surface area contributed by atoms with E-state index in [0.717, 1.165) is 31.2 Å². The second kappa shape index (κ2) is 7.43.